The van der Waals surface area contributed by atoms with Crippen molar-refractivity contribution in [2.45, 2.75) is 64.1 Å². The van der Waals surface area contributed by atoms with Gasteiger partial charge in [0.05, 0.1) is 0 Å². The van der Waals surface area contributed by atoms with E-state index in [2.05, 4.69) is 0 Å². The first kappa shape index (κ1) is 20.6. The number of carbonyl (C=O) groups excluding carboxylic acids is 2. The first-order chi connectivity index (χ1) is 14.5. The fourth-order valence-electron chi connectivity index (χ4n) is 4.90. The number of carbonyl (C=O) groups is 2. The van der Waals surface area contributed by atoms with Crippen LogP contribution in [0.5, 0.6) is 0 Å². The third-order valence-electron chi connectivity index (χ3n) is 6.52. The number of rotatable bonds is 5. The highest BCUT2D eigenvalue weighted by Crippen LogP contribution is 2.38. The Kier molecular flexibility index (Phi) is 6.16. The van der Waals surface area contributed by atoms with Crippen LogP contribution in [0.15, 0.2) is 48.5 Å². The van der Waals surface area contributed by atoms with Crippen LogP contribution in [0.3, 0.4) is 0 Å². The second kappa shape index (κ2) is 8.99. The highest BCUT2D eigenvalue weighted by molar-refractivity contribution is 5.84. The second-order valence-electron chi connectivity index (χ2n) is 8.57. The van der Waals surface area contributed by atoms with Gasteiger partial charge in [-0.15, -0.1) is 0 Å². The lowest BCUT2D eigenvalue weighted by Crippen LogP contribution is -2.55. The number of fused-ring (bicyclic) bond motifs is 2. The molecule has 2 aliphatic heterocycles. The molecule has 30 heavy (non-hydrogen) atoms. The molecule has 0 aromatic heterocycles. The average Bonchev–Trinajstić information content (AvgIpc) is 2.74. The highest BCUT2D eigenvalue weighted by Gasteiger charge is 2.43. The molecule has 2 aromatic carbocycles. The molecule has 2 heterocycles. The zero-order valence-electron chi connectivity index (χ0n) is 17.4. The molecule has 5 heteroatoms. The topological polar surface area (TPSA) is 46.6 Å². The summed E-state index contributed by atoms with van der Waals surface area (Å²) in [5.41, 5.74) is 2.66. The van der Waals surface area contributed by atoms with Crippen LogP contribution in [0.25, 0.3) is 0 Å². The number of amides is 1. The Labute approximate surface area is 177 Å². The van der Waals surface area contributed by atoms with Crippen LogP contribution >= 0.6 is 0 Å². The van der Waals surface area contributed by atoms with E-state index in [1.165, 1.54) is 12.1 Å². The van der Waals surface area contributed by atoms with Crippen molar-refractivity contribution in [3.63, 3.8) is 0 Å². The van der Waals surface area contributed by atoms with E-state index in [1.54, 1.807) is 6.07 Å². The lowest BCUT2D eigenvalue weighted by Gasteiger charge is -2.47. The number of benzene rings is 2. The fourth-order valence-corrected chi connectivity index (χ4v) is 4.90. The van der Waals surface area contributed by atoms with Gasteiger partial charge in [-0.25, -0.2) is 9.18 Å². The van der Waals surface area contributed by atoms with Crippen LogP contribution in [-0.4, -0.2) is 28.9 Å². The van der Waals surface area contributed by atoms with Gasteiger partial charge in [-0.2, -0.15) is 0 Å². The maximum atomic E-state index is 13.6. The summed E-state index contributed by atoms with van der Waals surface area (Å²) in [6.45, 7) is 2.17. The van der Waals surface area contributed by atoms with Gasteiger partial charge in [0.25, 0.3) is 0 Å². The van der Waals surface area contributed by atoms with Crippen molar-refractivity contribution in [3.05, 3.63) is 71.0 Å². The summed E-state index contributed by atoms with van der Waals surface area (Å²) >= 11 is 0. The SMILES string of the molecule is Cc1ccc(F)cc1CC(=O)C1CC2CCCC(C1)N2C(=O)OCc1ccccc1. The number of hydrogen-bond donors (Lipinski definition) is 0. The largest absolute Gasteiger partial charge is 0.445 e. The Morgan fingerprint density at radius 1 is 1.07 bits per heavy atom. The van der Waals surface area contributed by atoms with Crippen LogP contribution in [0.1, 0.15) is 48.8 Å². The highest BCUT2D eigenvalue weighted by atomic mass is 19.1. The van der Waals surface area contributed by atoms with Gasteiger partial charge < -0.3 is 9.64 Å². The van der Waals surface area contributed by atoms with E-state index in [-0.39, 0.29) is 48.7 Å². The van der Waals surface area contributed by atoms with Gasteiger partial charge in [0, 0.05) is 24.4 Å². The van der Waals surface area contributed by atoms with Gasteiger partial charge in [0.1, 0.15) is 18.2 Å². The van der Waals surface area contributed by atoms with Gasteiger partial charge in [-0.1, -0.05) is 36.4 Å². The van der Waals surface area contributed by atoms with E-state index in [0.717, 1.165) is 36.0 Å². The molecule has 2 aliphatic rings. The van der Waals surface area contributed by atoms with Crippen molar-refractivity contribution in [2.75, 3.05) is 0 Å². The Bertz CT molecular complexity index is 900. The van der Waals surface area contributed by atoms with Crippen molar-refractivity contribution < 1.29 is 18.7 Å². The Morgan fingerprint density at radius 3 is 2.47 bits per heavy atom. The van der Waals surface area contributed by atoms with E-state index in [9.17, 15) is 14.0 Å². The van der Waals surface area contributed by atoms with Crippen LogP contribution in [0.4, 0.5) is 9.18 Å². The summed E-state index contributed by atoms with van der Waals surface area (Å²) in [5, 5.41) is 0. The zero-order valence-corrected chi connectivity index (χ0v) is 17.4. The van der Waals surface area contributed by atoms with Gasteiger partial charge >= 0.3 is 6.09 Å². The first-order valence-corrected chi connectivity index (χ1v) is 10.8. The van der Waals surface area contributed by atoms with E-state index in [4.69, 9.17) is 4.74 Å². The summed E-state index contributed by atoms with van der Waals surface area (Å²) in [4.78, 5) is 27.7. The molecule has 1 amide bonds. The van der Waals surface area contributed by atoms with E-state index in [1.807, 2.05) is 42.2 Å². The average molecular weight is 410 g/mol. The number of aryl methyl sites for hydroxylation is 1. The summed E-state index contributed by atoms with van der Waals surface area (Å²) in [7, 11) is 0. The molecule has 4 rings (SSSR count). The standard InChI is InChI=1S/C25H28FNO3/c1-17-10-11-21(26)12-19(17)15-24(28)20-13-22-8-5-9-23(14-20)27(22)25(29)30-16-18-6-3-2-4-7-18/h2-4,6-7,10-12,20,22-23H,5,8-9,13-16H2,1H3. The third-order valence-corrected chi connectivity index (χ3v) is 6.52. The minimum absolute atomic E-state index is 0.0447. The Morgan fingerprint density at radius 2 is 1.77 bits per heavy atom. The Hall–Kier alpha value is -2.69. The molecule has 158 valence electrons. The van der Waals surface area contributed by atoms with Gasteiger partial charge in [0.15, 0.2) is 0 Å². The predicted molar refractivity (Wildman–Crippen MR) is 112 cm³/mol. The third kappa shape index (κ3) is 4.55. The van der Waals surface area contributed by atoms with Crippen molar-refractivity contribution in [2.24, 2.45) is 5.92 Å². The lowest BCUT2D eigenvalue weighted by molar-refractivity contribution is -0.126. The molecule has 0 aliphatic carbocycles. The predicted octanol–water partition coefficient (Wildman–Crippen LogP) is 5.22. The van der Waals surface area contributed by atoms with Crippen LogP contribution < -0.4 is 0 Å². The van der Waals surface area contributed by atoms with Crippen LogP contribution in [0.2, 0.25) is 0 Å². The van der Waals surface area contributed by atoms with Crippen molar-refractivity contribution in [3.8, 4) is 0 Å². The maximum Gasteiger partial charge on any atom is 0.410 e. The molecule has 0 radical (unpaired) electrons. The summed E-state index contributed by atoms with van der Waals surface area (Å²) in [6, 6.07) is 14.4. The molecule has 2 unspecified atom stereocenters. The first-order valence-electron chi connectivity index (χ1n) is 10.8. The molecule has 2 aromatic rings. The zero-order chi connectivity index (χ0) is 21.1. The smallest absolute Gasteiger partial charge is 0.410 e. The molecule has 2 fully saturated rings. The van der Waals surface area contributed by atoms with Crippen LogP contribution in [-0.2, 0) is 22.6 Å². The lowest BCUT2D eigenvalue weighted by atomic mass is 9.76. The summed E-state index contributed by atoms with van der Waals surface area (Å²) in [5.74, 6) is -0.240. The molecule has 0 N–H and O–H groups in total. The molecular formula is C25H28FNO3. The van der Waals surface area contributed by atoms with Crippen molar-refractivity contribution >= 4 is 11.9 Å². The Balaban J connectivity index is 1.39. The minimum Gasteiger partial charge on any atom is -0.445 e. The molecule has 4 nitrogen and oxygen atoms in total. The van der Waals surface area contributed by atoms with Gasteiger partial charge in [0.2, 0.25) is 0 Å². The summed E-state index contributed by atoms with van der Waals surface area (Å²) < 4.78 is 19.2. The number of nitrogens with zero attached hydrogens (tertiary/aromatic N) is 1. The number of halogens is 1. The van der Waals surface area contributed by atoms with Crippen molar-refractivity contribution in [1.29, 1.82) is 0 Å². The number of ether oxygens (including phenoxy) is 1. The maximum absolute atomic E-state index is 13.6. The quantitative estimate of drug-likeness (QED) is 0.681. The van der Waals surface area contributed by atoms with E-state index < -0.39 is 0 Å². The normalized spacial score (nSPS) is 23.1. The molecule has 2 saturated heterocycles. The number of hydrogen-bond acceptors (Lipinski definition) is 3. The number of piperidine rings is 2. The molecule has 2 atom stereocenters. The summed E-state index contributed by atoms with van der Waals surface area (Å²) in [6.07, 6.45) is 4.20. The molecule has 0 saturated carbocycles. The molecule has 0 spiro atoms. The monoisotopic (exact) mass is 409 g/mol. The fraction of sp³-hybridized carbons (Fsp3) is 0.440. The van der Waals surface area contributed by atoms with E-state index >= 15 is 0 Å². The van der Waals surface area contributed by atoms with Crippen LogP contribution in [0, 0.1) is 18.7 Å². The molecular weight excluding hydrogens is 381 g/mol. The van der Waals surface area contributed by atoms with Gasteiger partial charge in [-0.05, 0) is 67.9 Å². The number of Topliss-reactive ketones (excluding diaryl/α,β-unsaturated/α-hetero) is 1. The molecule has 2 bridgehead atoms. The van der Waals surface area contributed by atoms with Gasteiger partial charge in [-0.3, -0.25) is 4.79 Å². The van der Waals surface area contributed by atoms with Crippen molar-refractivity contribution in [1.82, 2.24) is 4.90 Å². The second-order valence-corrected chi connectivity index (χ2v) is 8.57. The number of ketones is 1. The minimum atomic E-state index is -0.309. The van der Waals surface area contributed by atoms with E-state index in [0.29, 0.717) is 12.8 Å².